The SMILES string of the molecule is CN1[C@H]2CCCC[C@@H]2CO[P@]1(=O)Oc1ccccc1. The average molecular weight is 281 g/mol. The minimum atomic E-state index is -3.18. The molecule has 0 bridgehead atoms. The molecular formula is C14H20NO3P. The molecule has 2 aliphatic rings. The monoisotopic (exact) mass is 281 g/mol. The van der Waals surface area contributed by atoms with Crippen LogP contribution in [0.5, 0.6) is 5.75 Å². The summed E-state index contributed by atoms with van der Waals surface area (Å²) in [7, 11) is -1.32. The highest BCUT2D eigenvalue weighted by molar-refractivity contribution is 7.51. The van der Waals surface area contributed by atoms with E-state index in [4.69, 9.17) is 9.05 Å². The molecule has 1 heterocycles. The van der Waals surface area contributed by atoms with Gasteiger partial charge in [0.1, 0.15) is 5.75 Å². The van der Waals surface area contributed by atoms with Crippen molar-refractivity contribution in [2.24, 2.45) is 5.92 Å². The Morgan fingerprint density at radius 2 is 2.00 bits per heavy atom. The molecule has 3 atom stereocenters. The fourth-order valence-corrected chi connectivity index (χ4v) is 4.84. The molecule has 4 nitrogen and oxygen atoms in total. The standard InChI is InChI=1S/C14H20NO3P/c1-15-14-10-6-5-7-12(14)11-17-19(15,16)18-13-8-3-2-4-9-13/h2-4,8-9,12,14H,5-7,10-11H2,1H3/t12-,14+,19+/m1/s1. The van der Waals surface area contributed by atoms with Crippen LogP contribution in [0.25, 0.3) is 0 Å². The second-order valence-corrected chi connectivity index (χ2v) is 7.36. The van der Waals surface area contributed by atoms with Crippen molar-refractivity contribution in [3.05, 3.63) is 30.3 Å². The molecule has 19 heavy (non-hydrogen) atoms. The number of benzene rings is 1. The third kappa shape index (κ3) is 2.58. The van der Waals surface area contributed by atoms with E-state index in [2.05, 4.69) is 0 Å². The summed E-state index contributed by atoms with van der Waals surface area (Å²) >= 11 is 0. The zero-order valence-corrected chi connectivity index (χ0v) is 12.1. The van der Waals surface area contributed by atoms with Gasteiger partial charge in [-0.3, -0.25) is 4.52 Å². The van der Waals surface area contributed by atoms with Gasteiger partial charge < -0.3 is 4.52 Å². The predicted molar refractivity (Wildman–Crippen MR) is 74.1 cm³/mol. The first-order valence-corrected chi connectivity index (χ1v) is 8.41. The lowest BCUT2D eigenvalue weighted by Gasteiger charge is -2.44. The van der Waals surface area contributed by atoms with Crippen LogP contribution in [0.4, 0.5) is 0 Å². The van der Waals surface area contributed by atoms with Gasteiger partial charge >= 0.3 is 7.75 Å². The summed E-state index contributed by atoms with van der Waals surface area (Å²) in [6, 6.07) is 9.60. The maximum Gasteiger partial charge on any atom is 0.461 e. The lowest BCUT2D eigenvalue weighted by molar-refractivity contribution is 0.0588. The number of nitrogens with zero attached hydrogens (tertiary/aromatic N) is 1. The molecule has 0 amide bonds. The van der Waals surface area contributed by atoms with Gasteiger partial charge in [0.05, 0.1) is 6.61 Å². The Bertz CT molecular complexity index is 479. The zero-order chi connectivity index (χ0) is 13.3. The van der Waals surface area contributed by atoms with Crippen LogP contribution in [0.15, 0.2) is 30.3 Å². The van der Waals surface area contributed by atoms with Gasteiger partial charge in [-0.1, -0.05) is 31.0 Å². The minimum Gasteiger partial charge on any atom is -0.413 e. The van der Waals surface area contributed by atoms with Crippen LogP contribution in [-0.4, -0.2) is 24.4 Å². The average Bonchev–Trinajstić information content (AvgIpc) is 2.45. The molecule has 1 saturated heterocycles. The van der Waals surface area contributed by atoms with Gasteiger partial charge in [-0.25, -0.2) is 4.57 Å². The van der Waals surface area contributed by atoms with Crippen molar-refractivity contribution in [3.8, 4) is 5.75 Å². The Labute approximate surface area is 114 Å². The molecule has 1 aromatic rings. The lowest BCUT2D eigenvalue weighted by atomic mass is 9.85. The molecule has 0 spiro atoms. The molecule has 104 valence electrons. The summed E-state index contributed by atoms with van der Waals surface area (Å²) in [6.07, 6.45) is 4.71. The topological polar surface area (TPSA) is 38.8 Å². The number of hydrogen-bond acceptors (Lipinski definition) is 3. The summed E-state index contributed by atoms with van der Waals surface area (Å²) in [5.41, 5.74) is 0. The molecule has 1 aliphatic heterocycles. The van der Waals surface area contributed by atoms with Crippen molar-refractivity contribution in [3.63, 3.8) is 0 Å². The van der Waals surface area contributed by atoms with Gasteiger partial charge in [0.25, 0.3) is 0 Å². The molecule has 0 aromatic heterocycles. The Morgan fingerprint density at radius 1 is 1.26 bits per heavy atom. The Morgan fingerprint density at radius 3 is 2.79 bits per heavy atom. The van der Waals surface area contributed by atoms with Gasteiger partial charge in [-0.05, 0) is 37.9 Å². The van der Waals surface area contributed by atoms with Gasteiger partial charge in [0.15, 0.2) is 0 Å². The van der Waals surface area contributed by atoms with Crippen molar-refractivity contribution in [1.82, 2.24) is 4.67 Å². The molecule has 0 unspecified atom stereocenters. The van der Waals surface area contributed by atoms with Crippen LogP contribution in [0.3, 0.4) is 0 Å². The zero-order valence-electron chi connectivity index (χ0n) is 11.2. The van der Waals surface area contributed by atoms with Gasteiger partial charge in [0, 0.05) is 6.04 Å². The van der Waals surface area contributed by atoms with Crippen molar-refractivity contribution < 1.29 is 13.6 Å². The first kappa shape index (κ1) is 13.2. The second kappa shape index (κ2) is 5.28. The molecule has 1 aromatic carbocycles. The normalized spacial score (nSPS) is 35.6. The highest BCUT2D eigenvalue weighted by Crippen LogP contribution is 2.57. The van der Waals surface area contributed by atoms with Gasteiger partial charge in [0.2, 0.25) is 0 Å². The largest absolute Gasteiger partial charge is 0.461 e. The minimum absolute atomic E-state index is 0.331. The molecule has 5 heteroatoms. The molecule has 1 aliphatic carbocycles. The Kier molecular flexibility index (Phi) is 3.66. The van der Waals surface area contributed by atoms with Crippen LogP contribution in [0.1, 0.15) is 25.7 Å². The van der Waals surface area contributed by atoms with E-state index in [0.717, 1.165) is 6.42 Å². The van der Waals surface area contributed by atoms with Gasteiger partial charge in [-0.2, -0.15) is 4.67 Å². The third-order valence-corrected chi connectivity index (χ3v) is 6.14. The maximum atomic E-state index is 12.9. The summed E-state index contributed by atoms with van der Waals surface area (Å²) in [5, 5.41) is 0. The highest BCUT2D eigenvalue weighted by Gasteiger charge is 2.46. The van der Waals surface area contributed by atoms with Crippen LogP contribution >= 0.6 is 7.75 Å². The number of rotatable bonds is 2. The van der Waals surface area contributed by atoms with E-state index >= 15 is 0 Å². The predicted octanol–water partition coefficient (Wildman–Crippen LogP) is 3.69. The van der Waals surface area contributed by atoms with E-state index in [1.807, 2.05) is 42.0 Å². The van der Waals surface area contributed by atoms with E-state index in [0.29, 0.717) is 24.3 Å². The first-order chi connectivity index (χ1) is 9.19. The highest BCUT2D eigenvalue weighted by atomic mass is 31.2. The molecule has 2 fully saturated rings. The van der Waals surface area contributed by atoms with E-state index in [-0.39, 0.29) is 0 Å². The summed E-state index contributed by atoms with van der Waals surface area (Å²) < 4.78 is 26.0. The van der Waals surface area contributed by atoms with Crippen LogP contribution < -0.4 is 4.52 Å². The fourth-order valence-electron chi connectivity index (χ4n) is 3.04. The lowest BCUT2D eigenvalue weighted by Crippen LogP contribution is -2.45. The fraction of sp³-hybridized carbons (Fsp3) is 0.571. The van der Waals surface area contributed by atoms with Crippen LogP contribution in [0, 0.1) is 5.92 Å². The second-order valence-electron chi connectivity index (χ2n) is 5.35. The first-order valence-electron chi connectivity index (χ1n) is 6.91. The molecule has 0 radical (unpaired) electrons. The molecular weight excluding hydrogens is 261 g/mol. The summed E-state index contributed by atoms with van der Waals surface area (Å²) in [4.78, 5) is 0. The molecule has 1 saturated carbocycles. The van der Waals surface area contributed by atoms with Crippen molar-refractivity contribution in [2.75, 3.05) is 13.7 Å². The smallest absolute Gasteiger partial charge is 0.413 e. The van der Waals surface area contributed by atoms with Gasteiger partial charge in [-0.15, -0.1) is 0 Å². The van der Waals surface area contributed by atoms with Crippen molar-refractivity contribution in [1.29, 1.82) is 0 Å². The van der Waals surface area contributed by atoms with E-state index in [9.17, 15) is 4.57 Å². The van der Waals surface area contributed by atoms with E-state index in [1.54, 1.807) is 0 Å². The summed E-state index contributed by atoms with van der Waals surface area (Å²) in [5.74, 6) is 1.10. The van der Waals surface area contributed by atoms with Crippen molar-refractivity contribution in [2.45, 2.75) is 31.7 Å². The molecule has 3 rings (SSSR count). The Hall–Kier alpha value is -0.830. The van der Waals surface area contributed by atoms with Crippen LogP contribution in [0.2, 0.25) is 0 Å². The van der Waals surface area contributed by atoms with E-state index in [1.165, 1.54) is 19.3 Å². The number of hydrogen-bond donors (Lipinski definition) is 0. The number of para-hydroxylation sites is 1. The molecule has 0 N–H and O–H groups in total. The quantitative estimate of drug-likeness (QED) is 0.775. The summed E-state index contributed by atoms with van der Waals surface area (Å²) in [6.45, 7) is 0.555. The maximum absolute atomic E-state index is 12.9. The van der Waals surface area contributed by atoms with E-state index < -0.39 is 7.75 Å². The number of fused-ring (bicyclic) bond motifs is 1. The third-order valence-electron chi connectivity index (χ3n) is 4.15. The Balaban J connectivity index is 1.78. The van der Waals surface area contributed by atoms with Crippen LogP contribution in [-0.2, 0) is 9.09 Å². The van der Waals surface area contributed by atoms with Crippen molar-refractivity contribution >= 4 is 7.75 Å².